The highest BCUT2D eigenvalue weighted by Crippen LogP contribution is 2.19. The third-order valence-corrected chi connectivity index (χ3v) is 5.44. The van der Waals surface area contributed by atoms with E-state index in [0.717, 1.165) is 44.6 Å². The van der Waals surface area contributed by atoms with Crippen molar-refractivity contribution in [3.63, 3.8) is 0 Å². The maximum atomic E-state index is 12.1. The van der Waals surface area contributed by atoms with E-state index in [-0.39, 0.29) is 31.0 Å². The molecule has 0 unspecified atom stereocenters. The third-order valence-electron chi connectivity index (χ3n) is 5.44. The van der Waals surface area contributed by atoms with Crippen molar-refractivity contribution < 1.29 is 9.53 Å². The Morgan fingerprint density at radius 1 is 1.07 bits per heavy atom. The monoisotopic (exact) mass is 413 g/mol. The first-order valence-electron chi connectivity index (χ1n) is 10.0. The molecule has 6 heteroatoms. The third kappa shape index (κ3) is 5.75. The summed E-state index contributed by atoms with van der Waals surface area (Å²) in [5.41, 5.74) is 2.58. The summed E-state index contributed by atoms with van der Waals surface area (Å²) < 4.78 is 5.52. The van der Waals surface area contributed by atoms with Crippen molar-refractivity contribution in [3.8, 4) is 5.75 Å². The molecule has 0 aliphatic carbocycles. The van der Waals surface area contributed by atoms with Crippen molar-refractivity contribution in [2.45, 2.75) is 25.3 Å². The molecule has 4 rings (SSSR count). The lowest BCUT2D eigenvalue weighted by Crippen LogP contribution is -2.46. The fraction of sp³-hybridized carbons (Fsp3) is 0.348. The molecule has 5 nitrogen and oxygen atoms in total. The van der Waals surface area contributed by atoms with Crippen molar-refractivity contribution in [1.29, 1.82) is 0 Å². The summed E-state index contributed by atoms with van der Waals surface area (Å²) in [6.45, 7) is 3.17. The van der Waals surface area contributed by atoms with Gasteiger partial charge in [0.1, 0.15) is 5.75 Å². The fourth-order valence-electron chi connectivity index (χ4n) is 3.85. The molecule has 0 atom stereocenters. The first-order valence-corrected chi connectivity index (χ1v) is 10.0. The molecule has 0 radical (unpaired) electrons. The number of carbonyl (C=O) groups excluding carboxylic acids is 1. The zero-order valence-corrected chi connectivity index (χ0v) is 17.3. The van der Waals surface area contributed by atoms with Crippen molar-refractivity contribution in [3.05, 3.63) is 66.4 Å². The summed E-state index contributed by atoms with van der Waals surface area (Å²) in [5, 5.41) is 4.43. The van der Waals surface area contributed by atoms with Gasteiger partial charge in [-0.05, 0) is 43.0 Å². The van der Waals surface area contributed by atoms with Gasteiger partial charge < -0.3 is 19.9 Å². The number of nitrogens with zero attached hydrogens (tertiary/aromatic N) is 1. The van der Waals surface area contributed by atoms with E-state index in [1.165, 1.54) is 16.5 Å². The van der Waals surface area contributed by atoms with Crippen LogP contribution in [0.4, 0.5) is 0 Å². The number of aromatic amines is 1. The molecule has 2 heterocycles. The Bertz CT molecular complexity index is 905. The number of halogens is 1. The van der Waals surface area contributed by atoms with E-state index >= 15 is 0 Å². The number of amides is 1. The molecule has 1 saturated heterocycles. The maximum absolute atomic E-state index is 12.1. The van der Waals surface area contributed by atoms with Crippen molar-refractivity contribution in [1.82, 2.24) is 15.2 Å². The van der Waals surface area contributed by atoms with Gasteiger partial charge >= 0.3 is 0 Å². The molecule has 1 aliphatic heterocycles. The summed E-state index contributed by atoms with van der Waals surface area (Å²) in [4.78, 5) is 18.0. The van der Waals surface area contributed by atoms with Crippen LogP contribution in [-0.4, -0.2) is 48.1 Å². The predicted octanol–water partition coefficient (Wildman–Crippen LogP) is 3.79. The Kier molecular flexibility index (Phi) is 7.55. The second-order valence-electron chi connectivity index (χ2n) is 7.39. The van der Waals surface area contributed by atoms with Crippen LogP contribution in [0, 0.1) is 0 Å². The molecule has 2 aromatic carbocycles. The summed E-state index contributed by atoms with van der Waals surface area (Å²) >= 11 is 0. The number of benzene rings is 2. The number of hydrogen-bond donors (Lipinski definition) is 2. The van der Waals surface area contributed by atoms with E-state index in [0.29, 0.717) is 0 Å². The minimum absolute atomic E-state index is 0. The highest BCUT2D eigenvalue weighted by atomic mass is 35.5. The molecule has 29 heavy (non-hydrogen) atoms. The molecular formula is C23H28ClN3O2. The molecule has 3 aromatic rings. The van der Waals surface area contributed by atoms with Gasteiger partial charge in [-0.15, -0.1) is 12.4 Å². The van der Waals surface area contributed by atoms with E-state index in [1.807, 2.05) is 30.3 Å². The standard InChI is InChI=1S/C23H27N3O2.ClH/c27-23(17-28-20-6-2-1-3-7-20)25-19-11-14-26(15-12-19)13-10-18-16-24-22-9-5-4-8-21(18)22;/h1-9,16,19,24H,10-15,17H2,(H,25,27);1H. The number of likely N-dealkylation sites (tertiary alicyclic amines) is 1. The first kappa shape index (κ1) is 21.2. The molecule has 1 fully saturated rings. The predicted molar refractivity (Wildman–Crippen MR) is 119 cm³/mol. The number of nitrogens with one attached hydrogen (secondary N) is 2. The van der Waals surface area contributed by atoms with Gasteiger partial charge in [-0.3, -0.25) is 4.79 Å². The number of rotatable bonds is 7. The number of H-pyrrole nitrogens is 1. The van der Waals surface area contributed by atoms with Gasteiger partial charge in [0.25, 0.3) is 5.91 Å². The van der Waals surface area contributed by atoms with Crippen LogP contribution in [0.25, 0.3) is 10.9 Å². The van der Waals surface area contributed by atoms with E-state index in [4.69, 9.17) is 4.74 Å². The Hall–Kier alpha value is -2.50. The van der Waals surface area contributed by atoms with Crippen LogP contribution in [0.5, 0.6) is 5.75 Å². The minimum Gasteiger partial charge on any atom is -0.484 e. The Morgan fingerprint density at radius 2 is 1.79 bits per heavy atom. The molecule has 0 spiro atoms. The molecule has 154 valence electrons. The van der Waals surface area contributed by atoms with Gasteiger partial charge in [0, 0.05) is 42.8 Å². The first-order chi connectivity index (χ1) is 13.8. The van der Waals surface area contributed by atoms with Gasteiger partial charge in [-0.1, -0.05) is 36.4 Å². The second kappa shape index (κ2) is 10.3. The number of piperidine rings is 1. The fourth-order valence-corrected chi connectivity index (χ4v) is 3.85. The summed E-state index contributed by atoms with van der Waals surface area (Å²) in [6.07, 6.45) is 5.16. The van der Waals surface area contributed by atoms with Gasteiger partial charge in [-0.2, -0.15) is 0 Å². The van der Waals surface area contributed by atoms with Crippen LogP contribution in [0.3, 0.4) is 0 Å². The average Bonchev–Trinajstić information content (AvgIpc) is 3.16. The molecule has 2 N–H and O–H groups in total. The van der Waals surface area contributed by atoms with Gasteiger partial charge in [0.05, 0.1) is 0 Å². The smallest absolute Gasteiger partial charge is 0.258 e. The summed E-state index contributed by atoms with van der Waals surface area (Å²) in [5.74, 6) is 0.686. The zero-order chi connectivity index (χ0) is 19.2. The van der Waals surface area contributed by atoms with Crippen LogP contribution >= 0.6 is 12.4 Å². The van der Waals surface area contributed by atoms with Crippen LogP contribution in [0.2, 0.25) is 0 Å². The molecule has 0 bridgehead atoms. The number of hydrogen-bond acceptors (Lipinski definition) is 3. The average molecular weight is 414 g/mol. The van der Waals surface area contributed by atoms with Crippen LogP contribution in [0.15, 0.2) is 60.8 Å². The van der Waals surface area contributed by atoms with Crippen LogP contribution < -0.4 is 10.1 Å². The number of carbonyl (C=O) groups is 1. The van der Waals surface area contributed by atoms with Crippen molar-refractivity contribution >= 4 is 29.2 Å². The summed E-state index contributed by atoms with van der Waals surface area (Å²) in [7, 11) is 0. The molecule has 1 amide bonds. The topological polar surface area (TPSA) is 57.4 Å². The van der Waals surface area contributed by atoms with Crippen molar-refractivity contribution in [2.75, 3.05) is 26.2 Å². The zero-order valence-electron chi connectivity index (χ0n) is 16.5. The highest BCUT2D eigenvalue weighted by Gasteiger charge is 2.20. The second-order valence-corrected chi connectivity index (χ2v) is 7.39. The lowest BCUT2D eigenvalue weighted by atomic mass is 10.0. The van der Waals surface area contributed by atoms with Gasteiger partial charge in [-0.25, -0.2) is 0 Å². The normalized spacial score (nSPS) is 15.0. The minimum atomic E-state index is -0.0407. The lowest BCUT2D eigenvalue weighted by Gasteiger charge is -2.32. The number of aromatic nitrogens is 1. The number of ether oxygens (including phenoxy) is 1. The Morgan fingerprint density at radius 3 is 2.59 bits per heavy atom. The molecule has 1 aromatic heterocycles. The summed E-state index contributed by atoms with van der Waals surface area (Å²) in [6, 6.07) is 18.2. The Balaban J connectivity index is 0.00000240. The van der Waals surface area contributed by atoms with Gasteiger partial charge in [0.2, 0.25) is 0 Å². The largest absolute Gasteiger partial charge is 0.484 e. The molecule has 1 aliphatic rings. The number of para-hydroxylation sites is 2. The van der Waals surface area contributed by atoms with E-state index in [9.17, 15) is 4.79 Å². The van der Waals surface area contributed by atoms with E-state index in [1.54, 1.807) is 0 Å². The lowest BCUT2D eigenvalue weighted by molar-refractivity contribution is -0.124. The molecular weight excluding hydrogens is 386 g/mol. The quantitative estimate of drug-likeness (QED) is 0.619. The van der Waals surface area contributed by atoms with Crippen molar-refractivity contribution in [2.24, 2.45) is 0 Å². The number of fused-ring (bicyclic) bond motifs is 1. The van der Waals surface area contributed by atoms with Gasteiger partial charge in [0.15, 0.2) is 6.61 Å². The maximum Gasteiger partial charge on any atom is 0.258 e. The van der Waals surface area contributed by atoms with E-state index < -0.39 is 0 Å². The SMILES string of the molecule is Cl.O=C(COc1ccccc1)NC1CCN(CCc2c[nH]c3ccccc23)CC1. The highest BCUT2D eigenvalue weighted by molar-refractivity contribution is 5.85. The molecule has 0 saturated carbocycles. The van der Waals surface area contributed by atoms with Crippen LogP contribution in [-0.2, 0) is 11.2 Å². The van der Waals surface area contributed by atoms with Crippen LogP contribution in [0.1, 0.15) is 18.4 Å². The Labute approximate surface area is 177 Å². The van der Waals surface area contributed by atoms with E-state index in [2.05, 4.69) is 45.7 Å².